The minimum Gasteiger partial charge on any atom is -0.462 e. The molecule has 0 spiro atoms. The number of rotatable bonds is 2. The fourth-order valence-corrected chi connectivity index (χ4v) is 1.50. The van der Waals surface area contributed by atoms with Crippen LogP contribution in [0.5, 0.6) is 0 Å². The molecule has 0 aromatic rings. The summed E-state index contributed by atoms with van der Waals surface area (Å²) in [6.45, 7) is 2.88. The topological polar surface area (TPSA) is 45.1 Å². The molecular weight excluding hydrogens is 194 g/mol. The summed E-state index contributed by atoms with van der Waals surface area (Å²) in [4.78, 5) is 19.5. The van der Waals surface area contributed by atoms with Crippen LogP contribution in [0.25, 0.3) is 0 Å². The van der Waals surface area contributed by atoms with Crippen LogP contribution in [0.15, 0.2) is 28.8 Å². The zero-order chi connectivity index (χ0) is 10.8. The average Bonchev–Trinajstić information content (AvgIpc) is 2.57. The predicted molar refractivity (Wildman–Crippen MR) is 55.8 cm³/mol. The van der Waals surface area contributed by atoms with Crippen LogP contribution < -0.4 is 0 Å². The Morgan fingerprint density at radius 2 is 2.40 bits per heavy atom. The number of ether oxygens (including phenoxy) is 1. The highest BCUT2D eigenvalue weighted by Gasteiger charge is 2.22. The van der Waals surface area contributed by atoms with E-state index in [1.807, 2.05) is 23.0 Å². The van der Waals surface area contributed by atoms with E-state index < -0.39 is 0 Å². The van der Waals surface area contributed by atoms with Gasteiger partial charge in [0.25, 0.3) is 0 Å². The van der Waals surface area contributed by atoms with Crippen molar-refractivity contribution in [1.29, 1.82) is 0 Å². The molecule has 5 nitrogen and oxygen atoms in total. The minimum atomic E-state index is -0.324. The molecule has 5 heteroatoms. The molecule has 0 saturated heterocycles. The number of carbonyl (C=O) groups is 1. The van der Waals surface area contributed by atoms with E-state index in [1.165, 1.54) is 0 Å². The van der Waals surface area contributed by atoms with Gasteiger partial charge in [0.2, 0.25) is 0 Å². The number of carbonyl (C=O) groups excluding carboxylic acids is 1. The summed E-state index contributed by atoms with van der Waals surface area (Å²) in [5.74, 6) is 0.528. The molecule has 2 aliphatic heterocycles. The lowest BCUT2D eigenvalue weighted by molar-refractivity contribution is -0.137. The van der Waals surface area contributed by atoms with Gasteiger partial charge in [-0.25, -0.2) is 9.79 Å². The van der Waals surface area contributed by atoms with Crippen molar-refractivity contribution in [1.82, 2.24) is 9.80 Å². The van der Waals surface area contributed by atoms with E-state index in [1.54, 1.807) is 19.3 Å². The molecule has 80 valence electrons. The maximum absolute atomic E-state index is 11.4. The molecule has 2 heterocycles. The van der Waals surface area contributed by atoms with Crippen LogP contribution in [-0.2, 0) is 9.53 Å². The highest BCUT2D eigenvalue weighted by Crippen LogP contribution is 2.20. The lowest BCUT2D eigenvalue weighted by atomic mass is 10.3. The number of esters is 1. The second-order valence-electron chi connectivity index (χ2n) is 3.42. The molecule has 0 N–H and O–H groups in total. The molecule has 0 fully saturated rings. The maximum Gasteiger partial charge on any atom is 0.341 e. The van der Waals surface area contributed by atoms with Gasteiger partial charge in [-0.05, 0) is 6.92 Å². The van der Waals surface area contributed by atoms with E-state index in [2.05, 4.69) is 4.99 Å². The first kappa shape index (κ1) is 9.76. The fraction of sp³-hybridized carbons (Fsp3) is 0.400. The van der Waals surface area contributed by atoms with Crippen LogP contribution >= 0.6 is 0 Å². The Labute approximate surface area is 88.3 Å². The second-order valence-corrected chi connectivity index (χ2v) is 3.42. The average molecular weight is 207 g/mol. The summed E-state index contributed by atoms with van der Waals surface area (Å²) in [5, 5.41) is 0. The number of fused-ring (bicyclic) bond motifs is 1. The molecule has 0 atom stereocenters. The smallest absolute Gasteiger partial charge is 0.341 e. The van der Waals surface area contributed by atoms with Crippen molar-refractivity contribution < 1.29 is 9.53 Å². The first-order valence-electron chi connectivity index (χ1n) is 4.82. The Bertz CT molecular complexity index is 371. The Morgan fingerprint density at radius 1 is 1.60 bits per heavy atom. The molecule has 0 bridgehead atoms. The summed E-state index contributed by atoms with van der Waals surface area (Å²) in [7, 11) is 1.96. The van der Waals surface area contributed by atoms with Crippen molar-refractivity contribution in [3.05, 3.63) is 23.8 Å². The van der Waals surface area contributed by atoms with Crippen LogP contribution in [0.1, 0.15) is 6.92 Å². The predicted octanol–water partition coefficient (Wildman–Crippen LogP) is 0.522. The summed E-state index contributed by atoms with van der Waals surface area (Å²) < 4.78 is 4.90. The van der Waals surface area contributed by atoms with Crippen LogP contribution in [0, 0.1) is 0 Å². The summed E-state index contributed by atoms with van der Waals surface area (Å²) in [6, 6.07) is 0. The second kappa shape index (κ2) is 3.76. The largest absolute Gasteiger partial charge is 0.462 e. The number of aliphatic imine (C=N–C) groups is 1. The summed E-state index contributed by atoms with van der Waals surface area (Å²) in [6.07, 6.45) is 5.23. The Hall–Kier alpha value is -1.78. The Morgan fingerprint density at radius 3 is 3.13 bits per heavy atom. The molecule has 15 heavy (non-hydrogen) atoms. The highest BCUT2D eigenvalue weighted by molar-refractivity contribution is 6.10. The van der Waals surface area contributed by atoms with Gasteiger partial charge >= 0.3 is 5.97 Å². The van der Waals surface area contributed by atoms with Crippen LogP contribution in [-0.4, -0.2) is 42.3 Å². The van der Waals surface area contributed by atoms with Gasteiger partial charge < -0.3 is 14.5 Å². The molecule has 2 aliphatic rings. The molecule has 2 rings (SSSR count). The van der Waals surface area contributed by atoms with E-state index >= 15 is 0 Å². The zero-order valence-corrected chi connectivity index (χ0v) is 8.80. The van der Waals surface area contributed by atoms with Crippen LogP contribution in [0.3, 0.4) is 0 Å². The minimum absolute atomic E-state index is 0.324. The SMILES string of the molecule is CCOC(=O)C1=CN2CN(C)C=C2N=C1. The molecule has 0 saturated carbocycles. The number of hydrogen-bond acceptors (Lipinski definition) is 5. The number of nitrogens with zero attached hydrogens (tertiary/aromatic N) is 3. The van der Waals surface area contributed by atoms with Crippen molar-refractivity contribution in [3.8, 4) is 0 Å². The first-order chi connectivity index (χ1) is 7.20. The summed E-state index contributed by atoms with van der Waals surface area (Å²) >= 11 is 0. The molecule has 0 aliphatic carbocycles. The third kappa shape index (κ3) is 1.86. The van der Waals surface area contributed by atoms with Gasteiger partial charge in [-0.1, -0.05) is 0 Å². The lowest BCUT2D eigenvalue weighted by Gasteiger charge is -2.19. The van der Waals surface area contributed by atoms with Gasteiger partial charge in [0, 0.05) is 25.7 Å². The van der Waals surface area contributed by atoms with Crippen molar-refractivity contribution in [2.45, 2.75) is 6.92 Å². The molecule has 0 aromatic carbocycles. The molecule has 0 amide bonds. The number of hydrogen-bond donors (Lipinski definition) is 0. The monoisotopic (exact) mass is 207 g/mol. The summed E-state index contributed by atoms with van der Waals surface area (Å²) in [5.41, 5.74) is 0.490. The third-order valence-electron chi connectivity index (χ3n) is 2.15. The molecular formula is C10H13N3O2. The third-order valence-corrected chi connectivity index (χ3v) is 2.15. The Kier molecular flexibility index (Phi) is 2.45. The Balaban J connectivity index is 2.13. The zero-order valence-electron chi connectivity index (χ0n) is 8.80. The molecule has 0 unspecified atom stereocenters. The van der Waals surface area contributed by atoms with Gasteiger partial charge in [-0.2, -0.15) is 0 Å². The highest BCUT2D eigenvalue weighted by atomic mass is 16.5. The fourth-order valence-electron chi connectivity index (χ4n) is 1.50. The van der Waals surface area contributed by atoms with E-state index in [-0.39, 0.29) is 5.97 Å². The first-order valence-corrected chi connectivity index (χ1v) is 4.82. The standard InChI is InChI=1S/C10H13N3O2/c1-3-15-10(14)8-4-11-9-6-12(2)7-13(9)5-8/h4-6H,3,7H2,1-2H3. The molecule has 0 aromatic heterocycles. The van der Waals surface area contributed by atoms with E-state index in [9.17, 15) is 4.79 Å². The van der Waals surface area contributed by atoms with Gasteiger partial charge in [0.05, 0.1) is 18.8 Å². The van der Waals surface area contributed by atoms with E-state index in [0.29, 0.717) is 12.2 Å². The van der Waals surface area contributed by atoms with Crippen molar-refractivity contribution in [2.24, 2.45) is 4.99 Å². The lowest BCUT2D eigenvalue weighted by Crippen LogP contribution is -2.24. The normalized spacial score (nSPS) is 18.5. The van der Waals surface area contributed by atoms with Gasteiger partial charge in [0.1, 0.15) is 5.82 Å². The molecule has 0 radical (unpaired) electrons. The van der Waals surface area contributed by atoms with Crippen molar-refractivity contribution >= 4 is 12.2 Å². The quantitative estimate of drug-likeness (QED) is 0.619. The van der Waals surface area contributed by atoms with Crippen molar-refractivity contribution in [3.63, 3.8) is 0 Å². The van der Waals surface area contributed by atoms with Gasteiger partial charge in [-0.3, -0.25) is 0 Å². The van der Waals surface area contributed by atoms with Crippen LogP contribution in [0.2, 0.25) is 0 Å². The van der Waals surface area contributed by atoms with Crippen molar-refractivity contribution in [2.75, 3.05) is 20.3 Å². The van der Waals surface area contributed by atoms with Crippen LogP contribution in [0.4, 0.5) is 0 Å². The van der Waals surface area contributed by atoms with Gasteiger partial charge in [0.15, 0.2) is 0 Å². The maximum atomic E-state index is 11.4. The van der Waals surface area contributed by atoms with E-state index in [4.69, 9.17) is 4.74 Å². The van der Waals surface area contributed by atoms with E-state index in [0.717, 1.165) is 12.5 Å². The van der Waals surface area contributed by atoms with Gasteiger partial charge in [-0.15, -0.1) is 0 Å².